The van der Waals surface area contributed by atoms with E-state index in [0.717, 1.165) is 32.1 Å². The van der Waals surface area contributed by atoms with Crippen LogP contribution < -0.4 is 0 Å². The molecule has 0 heterocycles. The molecule has 2 nitrogen and oxygen atoms in total. The normalized spacial score (nSPS) is 11.4. The molecule has 0 fully saturated rings. The smallest absolute Gasteiger partial charge is 0.303 e. The summed E-state index contributed by atoms with van der Waals surface area (Å²) in [6.45, 7) is 3.68. The SMILES string of the molecule is C=CCCC=CC=CCCCCCCCCC(=O)O. The summed E-state index contributed by atoms with van der Waals surface area (Å²) in [5, 5.41) is 8.49. The van der Waals surface area contributed by atoms with Gasteiger partial charge < -0.3 is 5.11 Å². The summed E-state index contributed by atoms with van der Waals surface area (Å²) in [5.74, 6) is -0.675. The third kappa shape index (κ3) is 16.7. The Labute approximate surface area is 117 Å². The van der Waals surface area contributed by atoms with E-state index < -0.39 is 5.97 Å². The fraction of sp³-hybridized carbons (Fsp3) is 0.588. The molecule has 0 amide bonds. The Morgan fingerprint density at radius 3 is 2.05 bits per heavy atom. The minimum absolute atomic E-state index is 0.320. The molecule has 0 unspecified atom stereocenters. The van der Waals surface area contributed by atoms with Crippen molar-refractivity contribution in [2.75, 3.05) is 0 Å². The van der Waals surface area contributed by atoms with E-state index in [-0.39, 0.29) is 0 Å². The van der Waals surface area contributed by atoms with Crippen molar-refractivity contribution in [3.8, 4) is 0 Å². The maximum absolute atomic E-state index is 10.3. The van der Waals surface area contributed by atoms with Crippen LogP contribution in [0.3, 0.4) is 0 Å². The van der Waals surface area contributed by atoms with Crippen molar-refractivity contribution in [1.29, 1.82) is 0 Å². The van der Waals surface area contributed by atoms with E-state index >= 15 is 0 Å². The van der Waals surface area contributed by atoms with Crippen LogP contribution in [0.2, 0.25) is 0 Å². The quantitative estimate of drug-likeness (QED) is 0.279. The van der Waals surface area contributed by atoms with Crippen LogP contribution in [0.4, 0.5) is 0 Å². The molecule has 108 valence electrons. The van der Waals surface area contributed by atoms with Gasteiger partial charge in [0.2, 0.25) is 0 Å². The molecule has 0 bridgehead atoms. The average Bonchev–Trinajstić information content (AvgIpc) is 2.39. The maximum Gasteiger partial charge on any atom is 0.303 e. The third-order valence-electron chi connectivity index (χ3n) is 2.93. The van der Waals surface area contributed by atoms with Crippen molar-refractivity contribution in [2.24, 2.45) is 0 Å². The molecule has 0 rings (SSSR count). The standard InChI is InChI=1S/C17H28O2/c1-2-3-4-5-6-7-8-9-10-11-12-13-14-15-16-17(18)19/h2,5-8H,1,3-4,9-16H2,(H,18,19). The summed E-state index contributed by atoms with van der Waals surface area (Å²) < 4.78 is 0. The molecule has 0 aliphatic carbocycles. The van der Waals surface area contributed by atoms with Gasteiger partial charge in [-0.1, -0.05) is 56.1 Å². The molecule has 19 heavy (non-hydrogen) atoms. The molecule has 0 saturated carbocycles. The summed E-state index contributed by atoms with van der Waals surface area (Å²) in [6.07, 6.45) is 20.9. The van der Waals surface area contributed by atoms with Crippen LogP contribution >= 0.6 is 0 Å². The van der Waals surface area contributed by atoms with Crippen LogP contribution in [0.15, 0.2) is 37.0 Å². The Morgan fingerprint density at radius 2 is 1.42 bits per heavy atom. The van der Waals surface area contributed by atoms with Gasteiger partial charge in [0.25, 0.3) is 0 Å². The lowest BCUT2D eigenvalue weighted by atomic mass is 10.1. The van der Waals surface area contributed by atoms with E-state index in [1.54, 1.807) is 0 Å². The molecule has 0 radical (unpaired) electrons. The van der Waals surface area contributed by atoms with Crippen LogP contribution in [0, 0.1) is 0 Å². The Kier molecular flexibility index (Phi) is 13.7. The van der Waals surface area contributed by atoms with Crippen molar-refractivity contribution < 1.29 is 9.90 Å². The first-order valence-electron chi connectivity index (χ1n) is 7.41. The Bertz CT molecular complexity index is 277. The van der Waals surface area contributed by atoms with E-state index in [2.05, 4.69) is 30.9 Å². The number of hydrogen-bond donors (Lipinski definition) is 1. The Hall–Kier alpha value is -1.31. The average molecular weight is 264 g/mol. The molecular weight excluding hydrogens is 236 g/mol. The van der Waals surface area contributed by atoms with Gasteiger partial charge in [-0.15, -0.1) is 6.58 Å². The lowest BCUT2D eigenvalue weighted by Crippen LogP contribution is -1.93. The Morgan fingerprint density at radius 1 is 0.842 bits per heavy atom. The molecule has 1 N–H and O–H groups in total. The number of allylic oxidation sites excluding steroid dienone is 5. The summed E-state index contributed by atoms with van der Waals surface area (Å²) in [7, 11) is 0. The molecule has 2 heteroatoms. The number of rotatable bonds is 13. The van der Waals surface area contributed by atoms with Gasteiger partial charge in [0, 0.05) is 6.42 Å². The molecule has 0 aromatic rings. The van der Waals surface area contributed by atoms with E-state index in [1.165, 1.54) is 25.7 Å². The summed E-state index contributed by atoms with van der Waals surface area (Å²) in [4.78, 5) is 10.3. The lowest BCUT2D eigenvalue weighted by Gasteiger charge is -1.99. The van der Waals surface area contributed by atoms with Gasteiger partial charge in [0.1, 0.15) is 0 Å². The van der Waals surface area contributed by atoms with E-state index in [9.17, 15) is 4.79 Å². The van der Waals surface area contributed by atoms with Crippen LogP contribution in [0.5, 0.6) is 0 Å². The number of hydrogen-bond acceptors (Lipinski definition) is 1. The zero-order valence-electron chi connectivity index (χ0n) is 12.0. The summed E-state index contributed by atoms with van der Waals surface area (Å²) in [6, 6.07) is 0. The van der Waals surface area contributed by atoms with Crippen molar-refractivity contribution in [1.82, 2.24) is 0 Å². The van der Waals surface area contributed by atoms with E-state index in [1.807, 2.05) is 6.08 Å². The number of carboxylic acids is 1. The second-order valence-corrected chi connectivity index (χ2v) is 4.78. The van der Waals surface area contributed by atoms with Gasteiger partial charge in [-0.05, 0) is 32.1 Å². The second-order valence-electron chi connectivity index (χ2n) is 4.78. The van der Waals surface area contributed by atoms with Crippen molar-refractivity contribution in [3.05, 3.63) is 37.0 Å². The van der Waals surface area contributed by atoms with Crippen molar-refractivity contribution >= 4 is 5.97 Å². The topological polar surface area (TPSA) is 37.3 Å². The monoisotopic (exact) mass is 264 g/mol. The maximum atomic E-state index is 10.3. The number of aliphatic carboxylic acids is 1. The highest BCUT2D eigenvalue weighted by Crippen LogP contribution is 2.08. The van der Waals surface area contributed by atoms with Crippen LogP contribution in [0.1, 0.15) is 64.2 Å². The van der Waals surface area contributed by atoms with Gasteiger partial charge >= 0.3 is 5.97 Å². The largest absolute Gasteiger partial charge is 0.481 e. The predicted molar refractivity (Wildman–Crippen MR) is 82.3 cm³/mol. The van der Waals surface area contributed by atoms with Gasteiger partial charge in [-0.3, -0.25) is 4.79 Å². The zero-order valence-corrected chi connectivity index (χ0v) is 12.0. The van der Waals surface area contributed by atoms with Crippen LogP contribution in [-0.2, 0) is 4.79 Å². The Balaban J connectivity index is 3.17. The summed E-state index contributed by atoms with van der Waals surface area (Å²) in [5.41, 5.74) is 0. The van der Waals surface area contributed by atoms with Crippen LogP contribution in [-0.4, -0.2) is 11.1 Å². The summed E-state index contributed by atoms with van der Waals surface area (Å²) >= 11 is 0. The molecule has 0 aromatic heterocycles. The first-order chi connectivity index (χ1) is 9.27. The first kappa shape index (κ1) is 17.7. The van der Waals surface area contributed by atoms with Gasteiger partial charge in [0.15, 0.2) is 0 Å². The number of carboxylic acid groups (broad SMARTS) is 1. The van der Waals surface area contributed by atoms with E-state index in [4.69, 9.17) is 5.11 Å². The highest BCUT2D eigenvalue weighted by molar-refractivity contribution is 5.66. The first-order valence-corrected chi connectivity index (χ1v) is 7.41. The number of unbranched alkanes of at least 4 members (excludes halogenated alkanes) is 7. The van der Waals surface area contributed by atoms with E-state index in [0.29, 0.717) is 6.42 Å². The van der Waals surface area contributed by atoms with Crippen LogP contribution in [0.25, 0.3) is 0 Å². The van der Waals surface area contributed by atoms with Gasteiger partial charge in [-0.2, -0.15) is 0 Å². The predicted octanol–water partition coefficient (Wildman–Crippen LogP) is 5.27. The highest BCUT2D eigenvalue weighted by atomic mass is 16.4. The molecule has 0 saturated heterocycles. The molecule has 0 aliphatic heterocycles. The zero-order chi connectivity index (χ0) is 14.2. The molecule has 0 atom stereocenters. The number of carbonyl (C=O) groups is 1. The van der Waals surface area contributed by atoms with Gasteiger partial charge in [0.05, 0.1) is 0 Å². The van der Waals surface area contributed by atoms with Crippen molar-refractivity contribution in [3.63, 3.8) is 0 Å². The minimum Gasteiger partial charge on any atom is -0.481 e. The highest BCUT2D eigenvalue weighted by Gasteiger charge is 1.95. The lowest BCUT2D eigenvalue weighted by molar-refractivity contribution is -0.137. The van der Waals surface area contributed by atoms with Gasteiger partial charge in [-0.25, -0.2) is 0 Å². The molecular formula is C17H28O2. The fourth-order valence-electron chi connectivity index (χ4n) is 1.81. The van der Waals surface area contributed by atoms with Crippen molar-refractivity contribution in [2.45, 2.75) is 64.2 Å². The second kappa shape index (κ2) is 14.7. The minimum atomic E-state index is -0.675. The molecule has 0 aromatic carbocycles. The third-order valence-corrected chi connectivity index (χ3v) is 2.93. The molecule has 0 spiro atoms. The fourth-order valence-corrected chi connectivity index (χ4v) is 1.81. The molecule has 0 aliphatic rings.